The first-order valence-corrected chi connectivity index (χ1v) is 9.14. The third-order valence-electron chi connectivity index (χ3n) is 4.81. The van der Waals surface area contributed by atoms with Crippen molar-refractivity contribution in [2.24, 2.45) is 0 Å². The lowest BCUT2D eigenvalue weighted by atomic mass is 10.0. The number of amides is 2. The molecule has 0 radical (unpaired) electrons. The number of nitrogens with zero attached hydrogens (tertiary/aromatic N) is 2. The lowest BCUT2D eigenvalue weighted by Gasteiger charge is -2.25. The molecule has 0 bridgehead atoms. The van der Waals surface area contributed by atoms with Crippen LogP contribution in [0.25, 0.3) is 0 Å². The normalized spacial score (nSPS) is 14.5. The zero-order valence-electron chi connectivity index (χ0n) is 16.8. The standard InChI is InChI=1S/2C11H15NO2/c2*1-9(12(2)8-13)11(14)10-6-4-3-5-7-10/h2*3-9,11,14H,1-2H3/t9-,11?;9-,11-/m10/s1. The summed E-state index contributed by atoms with van der Waals surface area (Å²) in [7, 11) is 3.31. The predicted octanol–water partition coefficient (Wildman–Crippen LogP) is 2.39. The van der Waals surface area contributed by atoms with E-state index < -0.39 is 12.2 Å². The molecule has 0 aliphatic carbocycles. The lowest BCUT2D eigenvalue weighted by Crippen LogP contribution is -2.33. The highest BCUT2D eigenvalue weighted by atomic mass is 16.3. The van der Waals surface area contributed by atoms with Gasteiger partial charge >= 0.3 is 0 Å². The molecule has 0 heterocycles. The molecule has 0 aliphatic heterocycles. The first-order chi connectivity index (χ1) is 13.3. The molecule has 6 heteroatoms. The fourth-order valence-corrected chi connectivity index (χ4v) is 2.49. The quantitative estimate of drug-likeness (QED) is 0.683. The Balaban J connectivity index is 0.000000280. The Morgan fingerprint density at radius 2 is 0.964 bits per heavy atom. The van der Waals surface area contributed by atoms with Gasteiger partial charge in [-0.3, -0.25) is 9.59 Å². The maximum Gasteiger partial charge on any atom is 0.209 e. The number of hydrogen-bond donors (Lipinski definition) is 2. The van der Waals surface area contributed by atoms with Crippen molar-refractivity contribution in [3.8, 4) is 0 Å². The van der Waals surface area contributed by atoms with Crippen LogP contribution in [0.4, 0.5) is 0 Å². The predicted molar refractivity (Wildman–Crippen MR) is 109 cm³/mol. The van der Waals surface area contributed by atoms with Crippen LogP contribution in [0.3, 0.4) is 0 Å². The molecule has 1 unspecified atom stereocenters. The van der Waals surface area contributed by atoms with E-state index in [9.17, 15) is 19.8 Å². The molecule has 0 spiro atoms. The second-order valence-corrected chi connectivity index (χ2v) is 6.73. The van der Waals surface area contributed by atoms with Gasteiger partial charge in [0.2, 0.25) is 12.8 Å². The highest BCUT2D eigenvalue weighted by Gasteiger charge is 2.19. The van der Waals surface area contributed by atoms with E-state index in [1.54, 1.807) is 14.1 Å². The largest absolute Gasteiger partial charge is 0.386 e. The van der Waals surface area contributed by atoms with E-state index in [0.29, 0.717) is 0 Å². The lowest BCUT2D eigenvalue weighted by molar-refractivity contribution is -0.121. The molecule has 0 saturated carbocycles. The monoisotopic (exact) mass is 386 g/mol. The summed E-state index contributed by atoms with van der Waals surface area (Å²) < 4.78 is 0. The van der Waals surface area contributed by atoms with Crippen LogP contribution in [0.5, 0.6) is 0 Å². The number of carbonyl (C=O) groups is 2. The third-order valence-corrected chi connectivity index (χ3v) is 4.81. The van der Waals surface area contributed by atoms with Crippen LogP contribution in [0.1, 0.15) is 37.2 Å². The Hall–Kier alpha value is -2.70. The summed E-state index contributed by atoms with van der Waals surface area (Å²) in [5, 5.41) is 19.8. The molecule has 2 amide bonds. The molecular weight excluding hydrogens is 356 g/mol. The molecule has 0 aromatic heterocycles. The molecule has 2 N–H and O–H groups in total. The molecule has 152 valence electrons. The minimum Gasteiger partial charge on any atom is -0.386 e. The van der Waals surface area contributed by atoms with Crippen LogP contribution in [0.15, 0.2) is 60.7 Å². The Kier molecular flexibility index (Phi) is 9.92. The number of aliphatic hydroxyl groups excluding tert-OH is 2. The van der Waals surface area contributed by atoms with Gasteiger partial charge in [-0.2, -0.15) is 0 Å². The molecule has 0 saturated heterocycles. The van der Waals surface area contributed by atoms with Crippen LogP contribution >= 0.6 is 0 Å². The molecule has 2 aromatic rings. The van der Waals surface area contributed by atoms with Gasteiger partial charge in [0.15, 0.2) is 0 Å². The van der Waals surface area contributed by atoms with Crippen molar-refractivity contribution in [3.05, 3.63) is 71.8 Å². The van der Waals surface area contributed by atoms with Gasteiger partial charge in [-0.1, -0.05) is 60.7 Å². The van der Waals surface area contributed by atoms with Gasteiger partial charge in [-0.25, -0.2) is 0 Å². The zero-order valence-corrected chi connectivity index (χ0v) is 16.8. The van der Waals surface area contributed by atoms with Crippen molar-refractivity contribution in [2.45, 2.75) is 38.1 Å². The number of aliphatic hydroxyl groups is 2. The summed E-state index contributed by atoms with van der Waals surface area (Å²) in [5.41, 5.74) is 1.66. The Morgan fingerprint density at radius 1 is 0.679 bits per heavy atom. The molecule has 0 fully saturated rings. The summed E-state index contributed by atoms with van der Waals surface area (Å²) in [6.45, 7) is 3.62. The molecule has 2 rings (SSSR count). The van der Waals surface area contributed by atoms with E-state index >= 15 is 0 Å². The topological polar surface area (TPSA) is 81.1 Å². The van der Waals surface area contributed by atoms with E-state index in [-0.39, 0.29) is 12.1 Å². The van der Waals surface area contributed by atoms with Gasteiger partial charge < -0.3 is 20.0 Å². The summed E-state index contributed by atoms with van der Waals surface area (Å²) in [6.07, 6.45) is 0.172. The maximum absolute atomic E-state index is 10.5. The van der Waals surface area contributed by atoms with Crippen LogP contribution < -0.4 is 0 Å². The second-order valence-electron chi connectivity index (χ2n) is 6.73. The minimum absolute atomic E-state index is 0.213. The first-order valence-electron chi connectivity index (χ1n) is 9.14. The van der Waals surface area contributed by atoms with Gasteiger partial charge in [-0.15, -0.1) is 0 Å². The van der Waals surface area contributed by atoms with Crippen LogP contribution in [-0.2, 0) is 9.59 Å². The molecular formula is C22H30N2O4. The number of hydrogen-bond acceptors (Lipinski definition) is 4. The average Bonchev–Trinajstić information content (AvgIpc) is 2.77. The van der Waals surface area contributed by atoms with Crippen molar-refractivity contribution in [2.75, 3.05) is 14.1 Å². The number of benzene rings is 2. The highest BCUT2D eigenvalue weighted by molar-refractivity contribution is 5.47. The Morgan fingerprint density at radius 3 is 1.21 bits per heavy atom. The van der Waals surface area contributed by atoms with Gasteiger partial charge in [0.05, 0.1) is 24.3 Å². The van der Waals surface area contributed by atoms with E-state index in [1.165, 1.54) is 9.80 Å². The summed E-state index contributed by atoms with van der Waals surface area (Å²) >= 11 is 0. The van der Waals surface area contributed by atoms with Crippen molar-refractivity contribution in [1.82, 2.24) is 9.80 Å². The second kappa shape index (κ2) is 11.9. The Bertz CT molecular complexity index is 635. The van der Waals surface area contributed by atoms with Crippen molar-refractivity contribution in [1.29, 1.82) is 0 Å². The molecule has 0 aliphatic rings. The number of likely N-dealkylation sites (N-methyl/N-ethyl adjacent to an activating group) is 2. The highest BCUT2D eigenvalue weighted by Crippen LogP contribution is 2.19. The number of rotatable bonds is 8. The van der Waals surface area contributed by atoms with Gasteiger partial charge in [-0.05, 0) is 25.0 Å². The van der Waals surface area contributed by atoms with Crippen molar-refractivity contribution < 1.29 is 19.8 Å². The number of carbonyl (C=O) groups excluding carboxylic acids is 2. The fourth-order valence-electron chi connectivity index (χ4n) is 2.49. The average molecular weight is 386 g/mol. The van der Waals surface area contributed by atoms with Crippen LogP contribution in [-0.4, -0.2) is 59.0 Å². The SMILES string of the molecule is C[C@@H]([C@H](O)c1ccccc1)N(C)C=O.C[C@H](C(O)c1ccccc1)N(C)C=O. The van der Waals surface area contributed by atoms with Crippen molar-refractivity contribution in [3.63, 3.8) is 0 Å². The van der Waals surface area contributed by atoms with E-state index in [2.05, 4.69) is 0 Å². The zero-order chi connectivity index (χ0) is 21.1. The molecule has 2 aromatic carbocycles. The third kappa shape index (κ3) is 6.79. The van der Waals surface area contributed by atoms with Crippen LogP contribution in [0.2, 0.25) is 0 Å². The maximum atomic E-state index is 10.5. The molecule has 6 nitrogen and oxygen atoms in total. The minimum atomic E-state index is -0.633. The van der Waals surface area contributed by atoms with E-state index in [4.69, 9.17) is 0 Å². The van der Waals surface area contributed by atoms with Gasteiger partial charge in [0.25, 0.3) is 0 Å². The van der Waals surface area contributed by atoms with E-state index in [1.807, 2.05) is 74.5 Å². The summed E-state index contributed by atoms with van der Waals surface area (Å²) in [5.74, 6) is 0. The van der Waals surface area contributed by atoms with Crippen molar-refractivity contribution >= 4 is 12.8 Å². The Labute approximate surface area is 167 Å². The van der Waals surface area contributed by atoms with Crippen LogP contribution in [0, 0.1) is 0 Å². The fraction of sp³-hybridized carbons (Fsp3) is 0.364. The van der Waals surface area contributed by atoms with Gasteiger partial charge in [0, 0.05) is 14.1 Å². The summed E-state index contributed by atoms with van der Waals surface area (Å²) in [6, 6.07) is 18.2. The first kappa shape index (κ1) is 23.3. The van der Waals surface area contributed by atoms with E-state index in [0.717, 1.165) is 23.9 Å². The molecule has 4 atom stereocenters. The van der Waals surface area contributed by atoms with Gasteiger partial charge in [0.1, 0.15) is 0 Å². The smallest absolute Gasteiger partial charge is 0.209 e. The molecule has 28 heavy (non-hydrogen) atoms. The summed E-state index contributed by atoms with van der Waals surface area (Å²) in [4.78, 5) is 23.9.